The minimum Gasteiger partial charge on any atom is -0.306 e. The number of amides is 1. The summed E-state index contributed by atoms with van der Waals surface area (Å²) in [5.41, 5.74) is -0.340. The maximum atomic E-state index is 12.7. The van der Waals surface area contributed by atoms with Gasteiger partial charge in [-0.25, -0.2) is 0 Å². The summed E-state index contributed by atoms with van der Waals surface area (Å²) in [7, 11) is -4.70. The molecule has 0 aromatic heterocycles. The lowest BCUT2D eigenvalue weighted by atomic mass is 10.1. The first-order valence-corrected chi connectivity index (χ1v) is 7.77. The van der Waals surface area contributed by atoms with Gasteiger partial charge in [0, 0.05) is 30.0 Å². The van der Waals surface area contributed by atoms with E-state index in [2.05, 4.69) is 0 Å². The van der Waals surface area contributed by atoms with Crippen molar-refractivity contribution in [2.75, 3.05) is 17.2 Å². The van der Waals surface area contributed by atoms with Crippen molar-refractivity contribution < 1.29 is 22.0 Å². The molecule has 1 aromatic carbocycles. The molecule has 2 rings (SSSR count). The van der Waals surface area contributed by atoms with Gasteiger partial charge in [-0.3, -0.25) is 14.9 Å². The van der Waals surface area contributed by atoms with Crippen LogP contribution in [0.4, 0.5) is 15.3 Å². The highest BCUT2D eigenvalue weighted by molar-refractivity contribution is 7.86. The van der Waals surface area contributed by atoms with Crippen molar-refractivity contribution >= 4 is 39.1 Å². The molecule has 7 nitrogen and oxygen atoms in total. The third kappa shape index (κ3) is 3.67. The Kier molecular flexibility index (Phi) is 4.15. The van der Waals surface area contributed by atoms with E-state index in [1.165, 1.54) is 12.1 Å². The molecule has 114 valence electrons. The van der Waals surface area contributed by atoms with Gasteiger partial charge in [0.1, 0.15) is 5.69 Å². The number of nitro benzene ring substituents is 1. The molecule has 1 aliphatic rings. The molecule has 1 unspecified atom stereocenters. The Morgan fingerprint density at radius 3 is 2.71 bits per heavy atom. The number of benzene rings is 1. The van der Waals surface area contributed by atoms with E-state index >= 15 is 0 Å². The molecule has 1 saturated heterocycles. The quantitative estimate of drug-likeness (QED) is 0.475. The molecular formula is C11H10ClFN2O5S. The van der Waals surface area contributed by atoms with Crippen molar-refractivity contribution in [1.29, 1.82) is 0 Å². The Balaban J connectivity index is 2.31. The number of anilines is 1. The molecule has 1 aromatic rings. The number of carbonyl (C=O) groups is 1. The second-order valence-electron chi connectivity index (χ2n) is 4.67. The number of rotatable bonds is 4. The summed E-state index contributed by atoms with van der Waals surface area (Å²) < 4.78 is 33.9. The number of nitrogens with zero attached hydrogens (tertiary/aromatic N) is 2. The van der Waals surface area contributed by atoms with Gasteiger partial charge in [0.2, 0.25) is 5.91 Å². The molecule has 1 heterocycles. The Morgan fingerprint density at radius 2 is 2.14 bits per heavy atom. The zero-order chi connectivity index (χ0) is 15.8. The number of nitro groups is 1. The van der Waals surface area contributed by atoms with Crippen LogP contribution in [0.3, 0.4) is 0 Å². The van der Waals surface area contributed by atoms with E-state index < -0.39 is 32.7 Å². The van der Waals surface area contributed by atoms with Gasteiger partial charge in [-0.05, 0) is 12.1 Å². The van der Waals surface area contributed by atoms with Crippen LogP contribution >= 0.6 is 11.6 Å². The number of hydrogen-bond donors (Lipinski definition) is 0. The SMILES string of the molecule is O=C1CC(CS(=O)(=O)F)CN1c1ccc(Cl)cc1[N+](=O)[O-]. The highest BCUT2D eigenvalue weighted by Gasteiger charge is 2.36. The van der Waals surface area contributed by atoms with Gasteiger partial charge in [-0.1, -0.05) is 11.6 Å². The predicted octanol–water partition coefficient (Wildman–Crippen LogP) is 1.90. The second-order valence-corrected chi connectivity index (χ2v) is 6.52. The zero-order valence-electron chi connectivity index (χ0n) is 10.5. The lowest BCUT2D eigenvalue weighted by Gasteiger charge is -2.16. The summed E-state index contributed by atoms with van der Waals surface area (Å²) in [4.78, 5) is 23.3. The first-order valence-electron chi connectivity index (χ1n) is 5.84. The molecule has 0 aliphatic carbocycles. The van der Waals surface area contributed by atoms with E-state index in [0.29, 0.717) is 0 Å². The summed E-state index contributed by atoms with van der Waals surface area (Å²) in [6.45, 7) is -0.0928. The van der Waals surface area contributed by atoms with Crippen LogP contribution in [-0.2, 0) is 15.0 Å². The van der Waals surface area contributed by atoms with Crippen LogP contribution < -0.4 is 4.90 Å². The first kappa shape index (κ1) is 15.6. The Bertz CT molecular complexity index is 709. The van der Waals surface area contributed by atoms with Gasteiger partial charge in [-0.15, -0.1) is 3.89 Å². The summed E-state index contributed by atoms with van der Waals surface area (Å²) in [6, 6.07) is 3.80. The van der Waals surface area contributed by atoms with Crippen LogP contribution in [0.5, 0.6) is 0 Å². The van der Waals surface area contributed by atoms with Gasteiger partial charge in [-0.2, -0.15) is 8.42 Å². The first-order chi connectivity index (χ1) is 9.67. The summed E-state index contributed by atoms with van der Waals surface area (Å²) in [6.07, 6.45) is -0.178. The number of halogens is 2. The lowest BCUT2D eigenvalue weighted by Crippen LogP contribution is -2.26. The molecule has 0 spiro atoms. The number of carbonyl (C=O) groups excluding carboxylic acids is 1. The van der Waals surface area contributed by atoms with Crippen LogP contribution in [0, 0.1) is 16.0 Å². The zero-order valence-corrected chi connectivity index (χ0v) is 12.1. The summed E-state index contributed by atoms with van der Waals surface area (Å²) in [5, 5.41) is 11.1. The highest BCUT2D eigenvalue weighted by Crippen LogP contribution is 2.35. The number of hydrogen-bond acceptors (Lipinski definition) is 5. The van der Waals surface area contributed by atoms with Crippen LogP contribution in [-0.4, -0.2) is 31.5 Å². The molecule has 1 aliphatic heterocycles. The average molecular weight is 337 g/mol. The van der Waals surface area contributed by atoms with Gasteiger partial charge >= 0.3 is 10.2 Å². The molecule has 0 radical (unpaired) electrons. The van der Waals surface area contributed by atoms with Gasteiger partial charge in [0.15, 0.2) is 0 Å². The van der Waals surface area contributed by atoms with Crippen LogP contribution in [0.1, 0.15) is 6.42 Å². The summed E-state index contributed by atoms with van der Waals surface area (Å²) in [5.74, 6) is -2.01. The Morgan fingerprint density at radius 1 is 1.48 bits per heavy atom. The van der Waals surface area contributed by atoms with Crippen molar-refractivity contribution in [2.45, 2.75) is 6.42 Å². The standard InChI is InChI=1S/C11H10ClFN2O5S/c12-8-1-2-9(10(4-8)15(17)18)14-5-7(3-11(14)16)6-21(13,19)20/h1-2,4,7H,3,5-6H2. The average Bonchev–Trinajstić information content (AvgIpc) is 2.67. The molecule has 1 fully saturated rings. The highest BCUT2D eigenvalue weighted by atomic mass is 35.5. The Hall–Kier alpha value is -1.74. The minimum atomic E-state index is -4.70. The van der Waals surface area contributed by atoms with Crippen LogP contribution in [0.25, 0.3) is 0 Å². The summed E-state index contributed by atoms with van der Waals surface area (Å²) >= 11 is 5.68. The third-order valence-electron chi connectivity index (χ3n) is 3.06. The minimum absolute atomic E-state index is 0.0214. The maximum Gasteiger partial charge on any atom is 0.302 e. The van der Waals surface area contributed by atoms with Crippen molar-refractivity contribution in [3.05, 3.63) is 33.3 Å². The van der Waals surface area contributed by atoms with Gasteiger partial charge in [0.25, 0.3) is 5.69 Å². The molecule has 1 atom stereocenters. The van der Waals surface area contributed by atoms with Crippen molar-refractivity contribution in [1.82, 2.24) is 0 Å². The fourth-order valence-corrected chi connectivity index (χ4v) is 3.23. The van der Waals surface area contributed by atoms with E-state index in [0.717, 1.165) is 11.0 Å². The third-order valence-corrected chi connectivity index (χ3v) is 4.17. The largest absolute Gasteiger partial charge is 0.306 e. The fraction of sp³-hybridized carbons (Fsp3) is 0.364. The van der Waals surface area contributed by atoms with Crippen molar-refractivity contribution in [3.63, 3.8) is 0 Å². The molecule has 0 N–H and O–H groups in total. The molecule has 0 bridgehead atoms. The van der Waals surface area contributed by atoms with E-state index in [1.54, 1.807) is 0 Å². The second kappa shape index (κ2) is 5.57. The van der Waals surface area contributed by atoms with Gasteiger partial charge < -0.3 is 4.90 Å². The maximum absolute atomic E-state index is 12.7. The van der Waals surface area contributed by atoms with E-state index in [4.69, 9.17) is 11.6 Å². The molecule has 21 heavy (non-hydrogen) atoms. The van der Waals surface area contributed by atoms with E-state index in [9.17, 15) is 27.2 Å². The predicted molar refractivity (Wildman–Crippen MR) is 73.5 cm³/mol. The Labute approximate surface area is 124 Å². The van der Waals surface area contributed by atoms with E-state index in [-0.39, 0.29) is 29.4 Å². The smallest absolute Gasteiger partial charge is 0.302 e. The lowest BCUT2D eigenvalue weighted by molar-refractivity contribution is -0.384. The van der Waals surface area contributed by atoms with Crippen LogP contribution in [0.15, 0.2) is 18.2 Å². The van der Waals surface area contributed by atoms with Crippen molar-refractivity contribution in [3.8, 4) is 0 Å². The van der Waals surface area contributed by atoms with Gasteiger partial charge in [0.05, 0.1) is 10.7 Å². The molecule has 10 heteroatoms. The van der Waals surface area contributed by atoms with Crippen molar-refractivity contribution in [2.24, 2.45) is 5.92 Å². The van der Waals surface area contributed by atoms with Crippen LogP contribution in [0.2, 0.25) is 5.02 Å². The molecule has 1 amide bonds. The van der Waals surface area contributed by atoms with E-state index in [1.807, 2.05) is 0 Å². The monoisotopic (exact) mass is 336 g/mol. The fourth-order valence-electron chi connectivity index (χ4n) is 2.28. The molecular weight excluding hydrogens is 327 g/mol. The topological polar surface area (TPSA) is 97.6 Å². The normalized spacial score (nSPS) is 19.0. The molecule has 0 saturated carbocycles.